The van der Waals surface area contributed by atoms with Gasteiger partial charge < -0.3 is 20.7 Å². The minimum atomic E-state index is -1.71. The predicted octanol–water partition coefficient (Wildman–Crippen LogP) is 2.55. The summed E-state index contributed by atoms with van der Waals surface area (Å²) in [6, 6.07) is 14.4. The molecular formula is C22H23NO4. The number of ether oxygens (including phenoxy) is 1. The number of rotatable bonds is 2. The van der Waals surface area contributed by atoms with Gasteiger partial charge in [0.15, 0.2) is 11.4 Å². The SMILES string of the molecule is CC1(C)OC2=C(CC1O)C(=O)C(O)(Cc1ccc(N)cc1)c1ccccc12. The van der Waals surface area contributed by atoms with Crippen LogP contribution in [0.15, 0.2) is 54.1 Å². The second kappa shape index (κ2) is 5.94. The van der Waals surface area contributed by atoms with Gasteiger partial charge in [-0.2, -0.15) is 0 Å². The van der Waals surface area contributed by atoms with Crippen LogP contribution in [0, 0.1) is 0 Å². The van der Waals surface area contributed by atoms with Gasteiger partial charge in [0.2, 0.25) is 0 Å². The Bertz CT molecular complexity index is 945. The van der Waals surface area contributed by atoms with Gasteiger partial charge in [0, 0.05) is 35.2 Å². The van der Waals surface area contributed by atoms with Crippen LogP contribution in [0.2, 0.25) is 0 Å². The van der Waals surface area contributed by atoms with E-state index in [9.17, 15) is 15.0 Å². The zero-order valence-electron chi connectivity index (χ0n) is 15.4. The Morgan fingerprint density at radius 1 is 1.15 bits per heavy atom. The lowest BCUT2D eigenvalue weighted by atomic mass is 9.71. The lowest BCUT2D eigenvalue weighted by Gasteiger charge is -2.43. The molecule has 2 unspecified atom stereocenters. The van der Waals surface area contributed by atoms with E-state index >= 15 is 0 Å². The maximum atomic E-state index is 13.3. The molecule has 4 rings (SSSR count). The first-order valence-electron chi connectivity index (χ1n) is 9.04. The van der Waals surface area contributed by atoms with Gasteiger partial charge >= 0.3 is 0 Å². The van der Waals surface area contributed by atoms with Gasteiger partial charge in [0.25, 0.3) is 0 Å². The highest BCUT2D eigenvalue weighted by atomic mass is 16.5. The number of hydrogen-bond acceptors (Lipinski definition) is 5. The smallest absolute Gasteiger partial charge is 0.199 e. The molecule has 0 aromatic heterocycles. The molecule has 1 aliphatic heterocycles. The highest BCUT2D eigenvalue weighted by Gasteiger charge is 2.51. The molecule has 27 heavy (non-hydrogen) atoms. The molecule has 2 aliphatic rings. The Morgan fingerprint density at radius 2 is 1.81 bits per heavy atom. The van der Waals surface area contributed by atoms with E-state index in [1.54, 1.807) is 38.1 Å². The Kier molecular flexibility index (Phi) is 3.91. The number of aliphatic hydroxyl groups excluding tert-OH is 1. The molecule has 140 valence electrons. The van der Waals surface area contributed by atoms with Gasteiger partial charge in [-0.3, -0.25) is 4.79 Å². The number of carbonyl (C=O) groups excluding carboxylic acids is 1. The highest BCUT2D eigenvalue weighted by Crippen LogP contribution is 2.47. The van der Waals surface area contributed by atoms with Crippen molar-refractivity contribution in [2.45, 2.75) is 44.0 Å². The van der Waals surface area contributed by atoms with Crippen molar-refractivity contribution in [3.05, 3.63) is 70.8 Å². The highest BCUT2D eigenvalue weighted by molar-refractivity contribution is 6.11. The van der Waals surface area contributed by atoms with Gasteiger partial charge in [-0.1, -0.05) is 36.4 Å². The van der Waals surface area contributed by atoms with Gasteiger partial charge in [0.1, 0.15) is 11.4 Å². The number of nitrogens with two attached hydrogens (primary N) is 1. The summed E-state index contributed by atoms with van der Waals surface area (Å²) in [5.74, 6) is 0.0513. The lowest BCUT2D eigenvalue weighted by Crippen LogP contribution is -2.49. The molecule has 0 bridgehead atoms. The molecule has 2 aromatic rings. The van der Waals surface area contributed by atoms with Gasteiger partial charge in [-0.25, -0.2) is 0 Å². The van der Waals surface area contributed by atoms with Crippen molar-refractivity contribution in [3.63, 3.8) is 0 Å². The van der Waals surface area contributed by atoms with Crippen molar-refractivity contribution in [2.24, 2.45) is 0 Å². The molecule has 1 heterocycles. The number of aliphatic hydroxyl groups is 2. The van der Waals surface area contributed by atoms with E-state index in [1.165, 1.54) is 0 Å². The van der Waals surface area contributed by atoms with E-state index in [2.05, 4.69) is 0 Å². The fraction of sp³-hybridized carbons (Fsp3) is 0.318. The summed E-state index contributed by atoms with van der Waals surface area (Å²) in [6.45, 7) is 3.59. The molecule has 0 saturated heterocycles. The summed E-state index contributed by atoms with van der Waals surface area (Å²) in [5, 5.41) is 21.9. The van der Waals surface area contributed by atoms with Crippen LogP contribution in [0.25, 0.3) is 5.76 Å². The fourth-order valence-electron chi connectivity index (χ4n) is 3.86. The summed E-state index contributed by atoms with van der Waals surface area (Å²) in [7, 11) is 0. The van der Waals surface area contributed by atoms with Crippen molar-refractivity contribution in [1.29, 1.82) is 0 Å². The first-order chi connectivity index (χ1) is 12.7. The van der Waals surface area contributed by atoms with Crippen LogP contribution in [0.3, 0.4) is 0 Å². The standard InChI is InChI=1S/C22H23NO4/c1-21(2)18(24)11-16-19(27-21)15-5-3-4-6-17(15)22(26,20(16)25)12-13-7-9-14(23)10-8-13/h3-10,18,24,26H,11-12,23H2,1-2H3. The monoisotopic (exact) mass is 365 g/mol. The average molecular weight is 365 g/mol. The summed E-state index contributed by atoms with van der Waals surface area (Å²) in [4.78, 5) is 13.3. The molecule has 0 radical (unpaired) electrons. The first kappa shape index (κ1) is 17.8. The minimum absolute atomic E-state index is 0.124. The van der Waals surface area contributed by atoms with Gasteiger partial charge in [-0.15, -0.1) is 0 Å². The van der Waals surface area contributed by atoms with Crippen LogP contribution in [0.5, 0.6) is 0 Å². The van der Waals surface area contributed by atoms with Crippen molar-refractivity contribution in [2.75, 3.05) is 5.73 Å². The number of hydrogen-bond donors (Lipinski definition) is 3. The Hall–Kier alpha value is -2.63. The quantitative estimate of drug-likeness (QED) is 0.711. The predicted molar refractivity (Wildman–Crippen MR) is 103 cm³/mol. The summed E-state index contributed by atoms with van der Waals surface area (Å²) in [5.41, 5.74) is 6.22. The molecular weight excluding hydrogens is 342 g/mol. The lowest BCUT2D eigenvalue weighted by molar-refractivity contribution is -0.137. The van der Waals surface area contributed by atoms with Crippen LogP contribution in [0.4, 0.5) is 5.69 Å². The van der Waals surface area contributed by atoms with E-state index in [0.717, 1.165) is 5.56 Å². The molecule has 1 aliphatic carbocycles. The first-order valence-corrected chi connectivity index (χ1v) is 9.04. The molecule has 0 fully saturated rings. The second-order valence-electron chi connectivity index (χ2n) is 7.89. The molecule has 5 heteroatoms. The maximum Gasteiger partial charge on any atom is 0.199 e. The summed E-state index contributed by atoms with van der Waals surface area (Å²) < 4.78 is 6.03. The zero-order chi connectivity index (χ0) is 19.4. The molecule has 2 aromatic carbocycles. The normalized spacial score (nSPS) is 26.2. The van der Waals surface area contributed by atoms with Crippen LogP contribution in [-0.4, -0.2) is 27.7 Å². The van der Waals surface area contributed by atoms with Crippen molar-refractivity contribution in [1.82, 2.24) is 0 Å². The van der Waals surface area contributed by atoms with Crippen LogP contribution in [-0.2, 0) is 21.6 Å². The maximum absolute atomic E-state index is 13.3. The Morgan fingerprint density at radius 3 is 2.52 bits per heavy atom. The molecule has 0 spiro atoms. The van der Waals surface area contributed by atoms with Crippen molar-refractivity contribution >= 4 is 17.2 Å². The number of Topliss-reactive ketones (excluding diaryl/α,β-unsaturated/α-hetero) is 1. The van der Waals surface area contributed by atoms with Gasteiger partial charge in [-0.05, 0) is 31.5 Å². The number of ketones is 1. The number of fused-ring (bicyclic) bond motifs is 2. The van der Waals surface area contributed by atoms with Crippen molar-refractivity contribution in [3.8, 4) is 0 Å². The van der Waals surface area contributed by atoms with E-state index in [4.69, 9.17) is 10.5 Å². The molecule has 4 N–H and O–H groups in total. The topological polar surface area (TPSA) is 92.8 Å². The molecule has 0 amide bonds. The number of carbonyl (C=O) groups is 1. The second-order valence-corrected chi connectivity index (χ2v) is 7.89. The van der Waals surface area contributed by atoms with Crippen LogP contribution < -0.4 is 5.73 Å². The minimum Gasteiger partial charge on any atom is -0.484 e. The molecule has 2 atom stereocenters. The van der Waals surface area contributed by atoms with Crippen LogP contribution >= 0.6 is 0 Å². The Balaban J connectivity index is 1.85. The third-order valence-electron chi connectivity index (χ3n) is 5.55. The van der Waals surface area contributed by atoms with Gasteiger partial charge in [0.05, 0.1) is 6.10 Å². The third-order valence-corrected chi connectivity index (χ3v) is 5.55. The van der Waals surface area contributed by atoms with Crippen LogP contribution in [0.1, 0.15) is 37.0 Å². The Labute approximate surface area is 158 Å². The fourth-order valence-corrected chi connectivity index (χ4v) is 3.86. The van der Waals surface area contributed by atoms with E-state index in [-0.39, 0.29) is 12.8 Å². The number of anilines is 1. The third kappa shape index (κ3) is 2.74. The zero-order valence-corrected chi connectivity index (χ0v) is 15.4. The molecule has 5 nitrogen and oxygen atoms in total. The van der Waals surface area contributed by atoms with E-state index in [1.807, 2.05) is 24.3 Å². The van der Waals surface area contributed by atoms with Crippen molar-refractivity contribution < 1.29 is 19.7 Å². The van der Waals surface area contributed by atoms with E-state index in [0.29, 0.717) is 28.1 Å². The largest absolute Gasteiger partial charge is 0.484 e. The summed E-state index contributed by atoms with van der Waals surface area (Å²) >= 11 is 0. The molecule has 0 saturated carbocycles. The van der Waals surface area contributed by atoms with E-state index < -0.39 is 23.1 Å². The summed E-state index contributed by atoms with van der Waals surface area (Å²) in [6.07, 6.45) is -0.551. The average Bonchev–Trinajstić information content (AvgIpc) is 2.64. The number of nitrogen functional groups attached to an aromatic ring is 1. The number of benzene rings is 2.